The zero-order chi connectivity index (χ0) is 16.2. The monoisotopic (exact) mass is 417 g/mol. The molecule has 0 aliphatic heterocycles. The summed E-state index contributed by atoms with van der Waals surface area (Å²) in [5.74, 6) is 0.125. The van der Waals surface area contributed by atoms with Crippen molar-refractivity contribution in [3.8, 4) is 0 Å². The molecular weight excluding hydrogens is 393 g/mol. The Morgan fingerprint density at radius 1 is 1.36 bits per heavy atom. The van der Waals surface area contributed by atoms with E-state index < -0.39 is 11.7 Å². The van der Waals surface area contributed by atoms with E-state index in [-0.39, 0.29) is 12.0 Å². The molecule has 0 heterocycles. The molecule has 2 N–H and O–H groups in total. The van der Waals surface area contributed by atoms with Crippen molar-refractivity contribution in [2.45, 2.75) is 50.7 Å². The fourth-order valence-electron chi connectivity index (χ4n) is 3.78. The molecule has 4 nitrogen and oxygen atoms in total. The summed E-state index contributed by atoms with van der Waals surface area (Å²) in [6.07, 6.45) is 3.96. The fourth-order valence-corrected chi connectivity index (χ4v) is 4.63. The van der Waals surface area contributed by atoms with Crippen molar-refractivity contribution >= 4 is 28.7 Å². The third-order valence-electron chi connectivity index (χ3n) is 4.79. The maximum atomic E-state index is 11.3. The second-order valence-electron chi connectivity index (χ2n) is 5.79. The second-order valence-corrected chi connectivity index (χ2v) is 6.96. The minimum absolute atomic E-state index is 0.125. The van der Waals surface area contributed by atoms with Crippen molar-refractivity contribution in [2.75, 3.05) is 7.11 Å². The number of nitrogens with two attached hydrogens (primary N) is 1. The van der Waals surface area contributed by atoms with Gasteiger partial charge >= 0.3 is 6.09 Å². The Hall–Kier alpha value is -0.820. The Balaban J connectivity index is 2.44. The third-order valence-corrected chi connectivity index (χ3v) is 5.73. The van der Waals surface area contributed by atoms with Crippen LogP contribution in [0.3, 0.4) is 0 Å². The SMILES string of the molecule is CC[C@@](OC)(c1ccccc1I)[C@H]1CCCCC1OC(N)=O. The zero-order valence-corrected chi connectivity index (χ0v) is 15.3. The van der Waals surface area contributed by atoms with E-state index in [0.717, 1.165) is 32.1 Å². The number of benzene rings is 1. The van der Waals surface area contributed by atoms with Crippen LogP contribution in [0.15, 0.2) is 24.3 Å². The first-order chi connectivity index (χ1) is 10.5. The first-order valence-corrected chi connectivity index (χ1v) is 8.89. The molecule has 0 spiro atoms. The third kappa shape index (κ3) is 3.40. The lowest BCUT2D eigenvalue weighted by molar-refractivity contribution is -0.121. The average Bonchev–Trinajstić information content (AvgIpc) is 2.51. The normalized spacial score (nSPS) is 24.5. The number of hydrogen-bond acceptors (Lipinski definition) is 3. The number of hydrogen-bond donors (Lipinski definition) is 1. The number of carbonyl (C=O) groups is 1. The van der Waals surface area contributed by atoms with Gasteiger partial charge in [0.25, 0.3) is 0 Å². The highest BCUT2D eigenvalue weighted by Gasteiger charge is 2.46. The van der Waals surface area contributed by atoms with Crippen LogP contribution in [0.4, 0.5) is 4.79 Å². The highest BCUT2D eigenvalue weighted by molar-refractivity contribution is 14.1. The predicted molar refractivity (Wildman–Crippen MR) is 94.6 cm³/mol. The molecule has 1 aromatic carbocycles. The molecule has 1 fully saturated rings. The molecule has 2 rings (SSSR count). The smallest absolute Gasteiger partial charge is 0.404 e. The van der Waals surface area contributed by atoms with Gasteiger partial charge in [-0.15, -0.1) is 0 Å². The van der Waals surface area contributed by atoms with Gasteiger partial charge in [0, 0.05) is 16.6 Å². The summed E-state index contributed by atoms with van der Waals surface area (Å²) >= 11 is 2.35. The maximum Gasteiger partial charge on any atom is 0.404 e. The van der Waals surface area contributed by atoms with Crippen LogP contribution in [0.5, 0.6) is 0 Å². The predicted octanol–water partition coefficient (Wildman–Crippen LogP) is 4.20. The largest absolute Gasteiger partial charge is 0.446 e. The quantitative estimate of drug-likeness (QED) is 0.731. The molecule has 0 saturated heterocycles. The number of ether oxygens (including phenoxy) is 2. The van der Waals surface area contributed by atoms with E-state index in [1.807, 2.05) is 12.1 Å². The van der Waals surface area contributed by atoms with Crippen LogP contribution < -0.4 is 5.73 Å². The Morgan fingerprint density at radius 3 is 2.64 bits per heavy atom. The van der Waals surface area contributed by atoms with Crippen LogP contribution in [-0.4, -0.2) is 19.3 Å². The minimum Gasteiger partial charge on any atom is -0.446 e. The van der Waals surface area contributed by atoms with E-state index in [9.17, 15) is 4.79 Å². The van der Waals surface area contributed by atoms with Gasteiger partial charge in [0.15, 0.2) is 0 Å². The molecular formula is C17H24INO3. The number of primary amides is 1. The first-order valence-electron chi connectivity index (χ1n) is 7.81. The van der Waals surface area contributed by atoms with Gasteiger partial charge in [-0.3, -0.25) is 0 Å². The molecule has 1 unspecified atom stereocenters. The summed E-state index contributed by atoms with van der Waals surface area (Å²) in [5, 5.41) is 0. The van der Waals surface area contributed by atoms with Gasteiger partial charge in [-0.1, -0.05) is 31.5 Å². The molecule has 1 aromatic rings. The van der Waals surface area contributed by atoms with Gasteiger partial charge in [0.2, 0.25) is 0 Å². The Morgan fingerprint density at radius 2 is 2.05 bits per heavy atom. The van der Waals surface area contributed by atoms with E-state index in [1.54, 1.807) is 7.11 Å². The Kier molecular flexibility index (Phi) is 6.09. The lowest BCUT2D eigenvalue weighted by atomic mass is 9.70. The van der Waals surface area contributed by atoms with E-state index in [2.05, 4.69) is 41.6 Å². The first kappa shape index (κ1) is 17.5. The minimum atomic E-state index is -0.694. The highest BCUT2D eigenvalue weighted by Crippen LogP contribution is 2.46. The Labute approximate surface area is 145 Å². The number of methoxy groups -OCH3 is 1. The Bertz CT molecular complexity index is 516. The molecule has 0 radical (unpaired) electrons. The zero-order valence-electron chi connectivity index (χ0n) is 13.2. The highest BCUT2D eigenvalue weighted by atomic mass is 127. The van der Waals surface area contributed by atoms with Gasteiger partial charge in [-0.25, -0.2) is 4.79 Å². The number of rotatable bonds is 5. The van der Waals surface area contributed by atoms with Crippen molar-refractivity contribution in [2.24, 2.45) is 11.7 Å². The van der Waals surface area contributed by atoms with E-state index in [0.29, 0.717) is 0 Å². The average molecular weight is 417 g/mol. The topological polar surface area (TPSA) is 61.6 Å². The van der Waals surface area contributed by atoms with E-state index in [4.69, 9.17) is 15.2 Å². The standard InChI is InChI=1S/C17H24INO3/c1-3-17(21-2,12-8-4-6-10-14(12)18)13-9-5-7-11-15(13)22-16(19)20/h4,6,8,10,13,15H,3,5,7,9,11H2,1-2H3,(H2,19,20)/t13-,15?,17+/m0/s1. The van der Waals surface area contributed by atoms with Gasteiger partial charge < -0.3 is 15.2 Å². The lowest BCUT2D eigenvalue weighted by Crippen LogP contribution is -2.47. The van der Waals surface area contributed by atoms with Crippen molar-refractivity contribution in [1.29, 1.82) is 0 Å². The van der Waals surface area contributed by atoms with Gasteiger partial charge in [-0.05, 0) is 59.9 Å². The summed E-state index contributed by atoms with van der Waals surface area (Å²) < 4.78 is 12.7. The molecule has 1 aliphatic carbocycles. The van der Waals surface area contributed by atoms with Crippen LogP contribution in [-0.2, 0) is 15.1 Å². The van der Waals surface area contributed by atoms with Crippen LogP contribution in [0, 0.1) is 9.49 Å². The molecule has 0 aromatic heterocycles. The van der Waals surface area contributed by atoms with Crippen molar-refractivity contribution in [3.63, 3.8) is 0 Å². The van der Waals surface area contributed by atoms with Crippen LogP contribution in [0.25, 0.3) is 0 Å². The summed E-state index contributed by atoms with van der Waals surface area (Å²) in [6.45, 7) is 2.13. The summed E-state index contributed by atoms with van der Waals surface area (Å²) in [6, 6.07) is 8.27. The fraction of sp³-hybridized carbons (Fsp3) is 0.588. The molecule has 22 heavy (non-hydrogen) atoms. The van der Waals surface area contributed by atoms with Crippen LogP contribution in [0.1, 0.15) is 44.6 Å². The van der Waals surface area contributed by atoms with Crippen molar-refractivity contribution < 1.29 is 14.3 Å². The van der Waals surface area contributed by atoms with Crippen molar-refractivity contribution in [3.05, 3.63) is 33.4 Å². The summed E-state index contributed by atoms with van der Waals surface area (Å²) in [5.41, 5.74) is 6.00. The molecule has 3 atom stereocenters. The molecule has 1 amide bonds. The maximum absolute atomic E-state index is 11.3. The second kappa shape index (κ2) is 7.64. The van der Waals surface area contributed by atoms with Gasteiger partial charge in [-0.2, -0.15) is 0 Å². The van der Waals surface area contributed by atoms with Crippen molar-refractivity contribution in [1.82, 2.24) is 0 Å². The molecule has 0 bridgehead atoms. The van der Waals surface area contributed by atoms with Crippen LogP contribution >= 0.6 is 22.6 Å². The van der Waals surface area contributed by atoms with Gasteiger partial charge in [0.1, 0.15) is 6.10 Å². The summed E-state index contributed by atoms with van der Waals surface area (Å²) in [4.78, 5) is 11.3. The van der Waals surface area contributed by atoms with Gasteiger partial charge in [0.05, 0.1) is 5.60 Å². The molecule has 1 saturated carbocycles. The number of halogens is 1. The molecule has 5 heteroatoms. The van der Waals surface area contributed by atoms with E-state index in [1.165, 1.54) is 9.13 Å². The van der Waals surface area contributed by atoms with Crippen LogP contribution in [0.2, 0.25) is 0 Å². The molecule has 122 valence electrons. The number of carbonyl (C=O) groups excluding carboxylic acids is 1. The molecule has 1 aliphatic rings. The summed E-state index contributed by atoms with van der Waals surface area (Å²) in [7, 11) is 1.75. The van der Waals surface area contributed by atoms with E-state index >= 15 is 0 Å². The number of amides is 1. The lowest BCUT2D eigenvalue weighted by Gasteiger charge is -2.45.